The number of carboxylic acids is 1. The number of aliphatic hydroxyl groups excluding tert-OH is 10. The van der Waals surface area contributed by atoms with E-state index in [1.807, 2.05) is 0 Å². The van der Waals surface area contributed by atoms with E-state index in [9.17, 15) is 80.1 Å². The molecule has 4 aliphatic rings. The van der Waals surface area contributed by atoms with Gasteiger partial charge in [0.1, 0.15) is 85.3 Å². The quantitative estimate of drug-likeness (QED) is 0.0765. The number of carboxylic acid groups (broad SMARTS) is 1. The molecule has 0 unspecified atom stereocenters. The topological polar surface area (TPSA) is 409 Å². The monoisotopic (exact) mass is 850 g/mol. The molecule has 2 amide bonds. The van der Waals surface area contributed by atoms with Gasteiger partial charge in [0.05, 0.1) is 13.2 Å². The van der Waals surface area contributed by atoms with Gasteiger partial charge in [-0.2, -0.15) is 0 Å². The Morgan fingerprint density at radius 2 is 1.04 bits per heavy atom. The van der Waals surface area contributed by atoms with E-state index in [1.54, 1.807) is 0 Å². The Morgan fingerprint density at radius 3 is 1.53 bits per heavy atom. The van der Waals surface area contributed by atoms with Crippen LogP contribution in [0.2, 0.25) is 13.1 Å². The molecule has 0 bridgehead atoms. The highest BCUT2D eigenvalue weighted by Crippen LogP contribution is 2.35. The van der Waals surface area contributed by atoms with Crippen LogP contribution in [-0.2, 0) is 56.8 Å². The van der Waals surface area contributed by atoms with Crippen molar-refractivity contribution in [2.45, 2.75) is 150 Å². The van der Waals surface area contributed by atoms with E-state index in [0.717, 1.165) is 13.8 Å². The predicted molar refractivity (Wildman–Crippen MR) is 176 cm³/mol. The Morgan fingerprint density at radius 1 is 0.579 bits per heavy atom. The van der Waals surface area contributed by atoms with Gasteiger partial charge in [-0.3, -0.25) is 14.4 Å². The molecule has 4 fully saturated rings. The third-order valence-corrected chi connectivity index (χ3v) is 9.98. The Bertz CT molecular complexity index is 1410. The standard InChI is InChI=1S/C30H50N2O24Si/c1-7(35)31-11-20(13(37)9(5-33)49-26(11)46)51-30-19(43)17(41)22(24(55-30)25(44)45)53-28-12(32-8(2)36)21(14(38)10(6-34)50-28)52-29-18(42)15(39)16(40)23(54-29)27(47)56-57(3,4)48/h9-24,26,28-30,33-34,37-43,46,48H,5-6H2,1-4H3,(H,31,35)(H,32,36)(H,44,45)/t9-,10-,11-,12-,13-,14-,15+,16+,17-,18-,19-,20-,21-,22+,23+,24+,26-,28+,29-,30-/m1/s1. The number of hydrogen-bond acceptors (Lipinski definition) is 23. The van der Waals surface area contributed by atoms with E-state index in [2.05, 4.69) is 10.6 Å². The maximum absolute atomic E-state index is 12.7. The van der Waals surface area contributed by atoms with E-state index in [0.29, 0.717) is 0 Å². The summed E-state index contributed by atoms with van der Waals surface area (Å²) in [6, 6.07) is -3.39. The van der Waals surface area contributed by atoms with Crippen LogP contribution in [0.5, 0.6) is 0 Å². The number of hydrogen-bond donors (Lipinski definition) is 14. The minimum Gasteiger partial charge on any atom is -0.493 e. The van der Waals surface area contributed by atoms with Crippen molar-refractivity contribution in [3.8, 4) is 0 Å². The molecule has 0 spiro atoms. The number of amides is 2. The molecule has 4 rings (SSSR count). The molecule has 0 aliphatic carbocycles. The molecule has 14 N–H and O–H groups in total. The fourth-order valence-corrected chi connectivity index (χ4v) is 7.20. The van der Waals surface area contributed by atoms with Crippen LogP contribution in [0.4, 0.5) is 0 Å². The first-order valence-electron chi connectivity index (χ1n) is 17.5. The number of nitrogens with one attached hydrogen (secondary N) is 2. The highest BCUT2D eigenvalue weighted by Gasteiger charge is 2.57. The van der Waals surface area contributed by atoms with Gasteiger partial charge in [0.25, 0.3) is 0 Å². The van der Waals surface area contributed by atoms with Crippen molar-refractivity contribution in [1.29, 1.82) is 0 Å². The fourth-order valence-electron chi connectivity index (χ4n) is 6.59. The van der Waals surface area contributed by atoms with Gasteiger partial charge in [-0.15, -0.1) is 0 Å². The first-order chi connectivity index (χ1) is 26.5. The van der Waals surface area contributed by atoms with Crippen molar-refractivity contribution in [2.24, 2.45) is 0 Å². The zero-order valence-corrected chi connectivity index (χ0v) is 31.7. The number of ether oxygens (including phenoxy) is 7. The fraction of sp³-hybridized carbons (Fsp3) is 0.867. The molecular formula is C30H50N2O24Si. The molecule has 57 heavy (non-hydrogen) atoms. The van der Waals surface area contributed by atoms with Gasteiger partial charge >= 0.3 is 20.5 Å². The molecule has 0 aromatic rings. The zero-order valence-electron chi connectivity index (χ0n) is 30.7. The molecule has 0 aromatic carbocycles. The molecule has 4 saturated heterocycles. The summed E-state index contributed by atoms with van der Waals surface area (Å²) in [6.45, 7) is 2.50. The third kappa shape index (κ3) is 10.8. The normalized spacial score (nSPS) is 44.1. The van der Waals surface area contributed by atoms with Gasteiger partial charge in [-0.1, -0.05) is 0 Å². The largest absolute Gasteiger partial charge is 0.493 e. The molecule has 328 valence electrons. The number of carbonyl (C=O) groups excluding carboxylic acids is 3. The summed E-state index contributed by atoms with van der Waals surface area (Å²) in [7, 11) is -3.60. The Labute approximate surface area is 323 Å². The Kier molecular flexibility index (Phi) is 15.8. The van der Waals surface area contributed by atoms with Crippen molar-refractivity contribution >= 4 is 32.3 Å². The van der Waals surface area contributed by atoms with E-state index in [4.69, 9.17) is 37.6 Å². The van der Waals surface area contributed by atoms with Crippen molar-refractivity contribution in [3.63, 3.8) is 0 Å². The Hall–Kier alpha value is -2.62. The van der Waals surface area contributed by atoms with E-state index < -0.39 is 168 Å². The summed E-state index contributed by atoms with van der Waals surface area (Å²) >= 11 is 0. The van der Waals surface area contributed by atoms with Gasteiger partial charge in [0.2, 0.25) is 11.8 Å². The van der Waals surface area contributed by atoms with Crippen molar-refractivity contribution in [2.75, 3.05) is 13.2 Å². The van der Waals surface area contributed by atoms with Crippen LogP contribution in [0, 0.1) is 0 Å². The molecular weight excluding hydrogens is 800 g/mol. The summed E-state index contributed by atoms with van der Waals surface area (Å²) in [5.74, 6) is -4.87. The lowest BCUT2D eigenvalue weighted by Gasteiger charge is -2.49. The van der Waals surface area contributed by atoms with Crippen LogP contribution in [0.15, 0.2) is 0 Å². The SMILES string of the molecule is CC(=O)N[C@@H]1[C@@H](O[C@@H]2O[C@H](C(=O)O)[C@@H](O[C@@H]3O[C@H](CO)[C@@H](O)[C@H](O[C@@H]4O[C@H](C(=O)O[Si](C)(C)O)[C@@H](O)[C@H](O)[C@H]4O)[C@H]3NC(C)=O)[C@H](O)[C@H]2O)[C@H](O)[C@@H](CO)O[C@H]1O. The molecule has 26 nitrogen and oxygen atoms in total. The average Bonchev–Trinajstić information content (AvgIpc) is 3.11. The summed E-state index contributed by atoms with van der Waals surface area (Å²) in [5, 5.41) is 121. The minimum atomic E-state index is -3.60. The minimum absolute atomic E-state index is 0.754. The summed E-state index contributed by atoms with van der Waals surface area (Å²) in [4.78, 5) is 59.6. The maximum Gasteiger partial charge on any atom is 0.392 e. The van der Waals surface area contributed by atoms with E-state index in [-0.39, 0.29) is 0 Å². The summed E-state index contributed by atoms with van der Waals surface area (Å²) < 4.78 is 43.5. The van der Waals surface area contributed by atoms with Crippen molar-refractivity contribution in [1.82, 2.24) is 10.6 Å². The number of rotatable bonds is 13. The van der Waals surface area contributed by atoms with Gasteiger partial charge in [0, 0.05) is 13.8 Å². The van der Waals surface area contributed by atoms with Crippen LogP contribution < -0.4 is 10.6 Å². The molecule has 27 heteroatoms. The molecule has 4 aliphatic heterocycles. The lowest BCUT2D eigenvalue weighted by molar-refractivity contribution is -0.368. The van der Waals surface area contributed by atoms with Crippen LogP contribution in [-0.4, -0.2) is 229 Å². The first-order valence-corrected chi connectivity index (χ1v) is 20.3. The molecule has 0 aromatic heterocycles. The highest BCUT2D eigenvalue weighted by atomic mass is 28.4. The number of carbonyl (C=O) groups is 4. The average molecular weight is 851 g/mol. The van der Waals surface area contributed by atoms with Crippen LogP contribution >= 0.6 is 0 Å². The second-order valence-corrected chi connectivity index (χ2v) is 17.3. The number of aliphatic hydroxyl groups is 10. The summed E-state index contributed by atoms with van der Waals surface area (Å²) in [5.41, 5.74) is 0. The van der Waals surface area contributed by atoms with E-state index in [1.165, 1.54) is 13.1 Å². The smallest absolute Gasteiger partial charge is 0.392 e. The lowest BCUT2D eigenvalue weighted by Crippen LogP contribution is -2.70. The second kappa shape index (κ2) is 19.2. The van der Waals surface area contributed by atoms with Crippen molar-refractivity contribution in [3.05, 3.63) is 0 Å². The Balaban J connectivity index is 1.62. The first kappa shape index (κ1) is 47.1. The molecule has 4 heterocycles. The zero-order chi connectivity index (χ0) is 42.8. The van der Waals surface area contributed by atoms with Crippen LogP contribution in [0.1, 0.15) is 13.8 Å². The van der Waals surface area contributed by atoms with Crippen LogP contribution in [0.25, 0.3) is 0 Å². The summed E-state index contributed by atoms with van der Waals surface area (Å²) in [6.07, 6.45) is -36.6. The molecule has 0 saturated carbocycles. The van der Waals surface area contributed by atoms with E-state index >= 15 is 0 Å². The lowest BCUT2D eigenvalue weighted by atomic mass is 9.94. The number of aliphatic carboxylic acids is 1. The van der Waals surface area contributed by atoms with Crippen molar-refractivity contribution < 1.29 is 118 Å². The highest BCUT2D eigenvalue weighted by molar-refractivity contribution is 6.64. The van der Waals surface area contributed by atoms with Gasteiger partial charge in [-0.25, -0.2) is 4.79 Å². The molecule has 20 atom stereocenters. The van der Waals surface area contributed by atoms with Gasteiger partial charge in [-0.05, 0) is 13.1 Å². The maximum atomic E-state index is 12.7. The molecule has 0 radical (unpaired) electrons. The second-order valence-electron chi connectivity index (χ2n) is 14.2. The predicted octanol–water partition coefficient (Wildman–Crippen LogP) is -9.12. The third-order valence-electron chi connectivity index (χ3n) is 9.28. The van der Waals surface area contributed by atoms with Gasteiger partial charge in [0.15, 0.2) is 37.4 Å². The van der Waals surface area contributed by atoms with Gasteiger partial charge < -0.3 is 109 Å². The van der Waals surface area contributed by atoms with Crippen LogP contribution in [0.3, 0.4) is 0 Å².